The summed E-state index contributed by atoms with van der Waals surface area (Å²) in [4.78, 5) is 40.0. The number of carbonyl (C=O) groups excluding carboxylic acids is 3. The van der Waals surface area contributed by atoms with E-state index >= 15 is 0 Å². The number of aliphatic hydroxyl groups is 1. The Morgan fingerprint density at radius 1 is 1.23 bits per heavy atom. The highest BCUT2D eigenvalue weighted by Crippen LogP contribution is 2.54. The van der Waals surface area contributed by atoms with Gasteiger partial charge in [0, 0.05) is 25.4 Å². The zero-order valence-electron chi connectivity index (χ0n) is 19.7. The zero-order valence-corrected chi connectivity index (χ0v) is 19.7. The summed E-state index contributed by atoms with van der Waals surface area (Å²) in [6.45, 7) is 0.563. The molecule has 0 spiro atoms. The largest absolute Gasteiger partial charge is 0.467 e. The molecular weight excluding hydrogens is 458 g/mol. The summed E-state index contributed by atoms with van der Waals surface area (Å²) in [5.74, 6) is -1.60. The van der Waals surface area contributed by atoms with Crippen LogP contribution in [0.15, 0.2) is 30.3 Å². The molecule has 3 aliphatic heterocycles. The molecule has 3 heterocycles. The molecule has 7 atom stereocenters. The minimum atomic E-state index is -1.14. The fraction of sp³-hybridized carbons (Fsp3) is 0.640. The van der Waals surface area contributed by atoms with Gasteiger partial charge in [-0.05, 0) is 24.8 Å². The van der Waals surface area contributed by atoms with E-state index in [0.717, 1.165) is 18.4 Å². The number of benzene rings is 1. The summed E-state index contributed by atoms with van der Waals surface area (Å²) in [5.41, 5.74) is -0.339. The molecule has 10 nitrogen and oxygen atoms in total. The van der Waals surface area contributed by atoms with Crippen molar-refractivity contribution in [1.82, 2.24) is 4.90 Å². The van der Waals surface area contributed by atoms with E-state index in [0.29, 0.717) is 13.0 Å². The number of carbonyl (C=O) groups is 3. The summed E-state index contributed by atoms with van der Waals surface area (Å²) >= 11 is 0. The molecule has 5 rings (SSSR count). The van der Waals surface area contributed by atoms with Crippen LogP contribution in [0.4, 0.5) is 4.79 Å². The zero-order chi connectivity index (χ0) is 24.6. The summed E-state index contributed by atoms with van der Waals surface area (Å²) < 4.78 is 28.6. The highest BCUT2D eigenvalue weighted by Gasteiger charge is 2.69. The number of methoxy groups -OCH3 is 1. The Morgan fingerprint density at radius 2 is 2.03 bits per heavy atom. The molecule has 0 aromatic heterocycles. The van der Waals surface area contributed by atoms with Crippen molar-refractivity contribution in [1.29, 1.82) is 0 Å². The molecule has 1 unspecified atom stereocenters. The van der Waals surface area contributed by atoms with Gasteiger partial charge in [0.05, 0.1) is 25.7 Å². The average molecular weight is 490 g/mol. The number of aliphatic hydroxyl groups excluding tert-OH is 1. The van der Waals surface area contributed by atoms with Gasteiger partial charge in [0.15, 0.2) is 6.29 Å². The molecule has 4 aliphatic rings. The van der Waals surface area contributed by atoms with E-state index < -0.39 is 60.1 Å². The highest BCUT2D eigenvalue weighted by atomic mass is 16.7. The van der Waals surface area contributed by atoms with Gasteiger partial charge in [-0.3, -0.25) is 9.69 Å². The number of hydrogen-bond donors (Lipinski definition) is 1. The Labute approximate surface area is 203 Å². The van der Waals surface area contributed by atoms with Crippen LogP contribution < -0.4 is 0 Å². The van der Waals surface area contributed by atoms with Crippen molar-refractivity contribution in [3.8, 4) is 0 Å². The number of fused-ring (bicyclic) bond motifs is 3. The van der Waals surface area contributed by atoms with Gasteiger partial charge in [0.2, 0.25) is 0 Å². The first kappa shape index (κ1) is 24.0. The van der Waals surface area contributed by atoms with Gasteiger partial charge in [-0.1, -0.05) is 30.3 Å². The van der Waals surface area contributed by atoms with Gasteiger partial charge in [0.1, 0.15) is 24.4 Å². The summed E-state index contributed by atoms with van der Waals surface area (Å²) in [5, 5.41) is 10.9. The van der Waals surface area contributed by atoms with Crippen LogP contribution in [0.25, 0.3) is 0 Å². The van der Waals surface area contributed by atoms with E-state index in [4.69, 9.17) is 23.7 Å². The highest BCUT2D eigenvalue weighted by molar-refractivity contribution is 5.83. The van der Waals surface area contributed by atoms with E-state index in [1.165, 1.54) is 12.0 Å². The third-order valence-corrected chi connectivity index (χ3v) is 7.65. The molecule has 1 saturated carbocycles. The summed E-state index contributed by atoms with van der Waals surface area (Å²) in [7, 11) is 1.26. The average Bonchev–Trinajstić information content (AvgIpc) is 3.43. The number of esters is 2. The molecule has 0 bridgehead atoms. The number of nitrogens with zero attached hydrogens (tertiary/aromatic N) is 1. The van der Waals surface area contributed by atoms with Crippen molar-refractivity contribution in [2.24, 2.45) is 5.92 Å². The van der Waals surface area contributed by atoms with Crippen molar-refractivity contribution in [2.75, 3.05) is 13.7 Å². The monoisotopic (exact) mass is 489 g/mol. The number of ether oxygens (including phenoxy) is 5. The molecule has 1 amide bonds. The lowest BCUT2D eigenvalue weighted by molar-refractivity contribution is -0.265. The molecule has 3 saturated heterocycles. The van der Waals surface area contributed by atoms with Gasteiger partial charge in [0.25, 0.3) is 0 Å². The van der Waals surface area contributed by atoms with Crippen molar-refractivity contribution in [3.63, 3.8) is 0 Å². The Morgan fingerprint density at radius 3 is 2.74 bits per heavy atom. The summed E-state index contributed by atoms with van der Waals surface area (Å²) in [6.07, 6.45) is -0.369. The molecule has 1 aromatic carbocycles. The van der Waals surface area contributed by atoms with E-state index in [1.54, 1.807) is 0 Å². The molecule has 35 heavy (non-hydrogen) atoms. The number of hydrogen-bond acceptors (Lipinski definition) is 9. The van der Waals surface area contributed by atoms with Gasteiger partial charge in [-0.15, -0.1) is 0 Å². The standard InChI is InChI=1S/C25H31NO9/c1-31-23(29)17-13-25(35-21-9-5-6-10-32-21)16-11-20(28)34-22(16)18(27)12-19(25)26(17)24(30)33-14-15-7-3-2-4-8-15/h2-4,7-8,16-19,21-22,27H,5-6,9-14H2,1H3/t16-,17+,18-,19-,21?,22+,25-/m1/s1. The molecule has 190 valence electrons. The predicted molar refractivity (Wildman–Crippen MR) is 119 cm³/mol. The van der Waals surface area contributed by atoms with Crippen LogP contribution in [0.2, 0.25) is 0 Å². The van der Waals surface area contributed by atoms with E-state index in [9.17, 15) is 19.5 Å². The lowest BCUT2D eigenvalue weighted by atomic mass is 9.68. The van der Waals surface area contributed by atoms with Crippen molar-refractivity contribution < 1.29 is 43.2 Å². The van der Waals surface area contributed by atoms with Crippen molar-refractivity contribution in [2.45, 2.75) is 81.3 Å². The van der Waals surface area contributed by atoms with Crippen LogP contribution in [-0.2, 0) is 39.9 Å². The molecule has 10 heteroatoms. The van der Waals surface area contributed by atoms with Gasteiger partial charge in [-0.2, -0.15) is 0 Å². The third-order valence-electron chi connectivity index (χ3n) is 7.65. The quantitative estimate of drug-likeness (QED) is 0.488. The second-order valence-corrected chi connectivity index (χ2v) is 9.64. The Balaban J connectivity index is 1.49. The lowest BCUT2D eigenvalue weighted by Gasteiger charge is -2.49. The minimum Gasteiger partial charge on any atom is -0.467 e. The van der Waals surface area contributed by atoms with Gasteiger partial charge in [-0.25, -0.2) is 9.59 Å². The first-order chi connectivity index (χ1) is 16.9. The topological polar surface area (TPSA) is 121 Å². The third kappa shape index (κ3) is 4.39. The molecule has 1 aliphatic carbocycles. The van der Waals surface area contributed by atoms with Crippen molar-refractivity contribution in [3.05, 3.63) is 35.9 Å². The second kappa shape index (κ2) is 9.75. The number of rotatable bonds is 5. The Hall–Kier alpha value is -2.69. The van der Waals surface area contributed by atoms with Crippen molar-refractivity contribution >= 4 is 18.0 Å². The maximum absolute atomic E-state index is 13.4. The van der Waals surface area contributed by atoms with Gasteiger partial charge >= 0.3 is 18.0 Å². The Bertz CT molecular complexity index is 950. The summed E-state index contributed by atoms with van der Waals surface area (Å²) in [6, 6.07) is 7.48. The predicted octanol–water partition coefficient (Wildman–Crippen LogP) is 1.92. The normalized spacial score (nSPS) is 36.2. The van der Waals surface area contributed by atoms with Crippen LogP contribution in [0, 0.1) is 5.92 Å². The number of likely N-dealkylation sites (tertiary alicyclic amines) is 1. The van der Waals surface area contributed by atoms with Crippen LogP contribution in [0.1, 0.15) is 44.1 Å². The first-order valence-corrected chi connectivity index (χ1v) is 12.2. The van der Waals surface area contributed by atoms with E-state index in [-0.39, 0.29) is 25.9 Å². The lowest BCUT2D eigenvalue weighted by Crippen LogP contribution is -2.63. The molecule has 1 N–H and O–H groups in total. The molecule has 4 fully saturated rings. The first-order valence-electron chi connectivity index (χ1n) is 12.2. The van der Waals surface area contributed by atoms with Gasteiger partial charge < -0.3 is 28.8 Å². The second-order valence-electron chi connectivity index (χ2n) is 9.64. The fourth-order valence-electron chi connectivity index (χ4n) is 6.08. The number of amides is 1. The smallest absolute Gasteiger partial charge is 0.411 e. The van der Waals surface area contributed by atoms with E-state index in [1.807, 2.05) is 30.3 Å². The fourth-order valence-corrected chi connectivity index (χ4v) is 6.08. The molecule has 0 radical (unpaired) electrons. The van der Waals surface area contributed by atoms with Crippen LogP contribution in [0.3, 0.4) is 0 Å². The maximum Gasteiger partial charge on any atom is 0.411 e. The Kier molecular flexibility index (Phi) is 6.69. The van der Waals surface area contributed by atoms with Crippen LogP contribution in [-0.4, -0.2) is 77.9 Å². The maximum atomic E-state index is 13.4. The molecule has 1 aromatic rings. The molecular formula is C25H31NO9. The van der Waals surface area contributed by atoms with Crippen LogP contribution in [0.5, 0.6) is 0 Å². The van der Waals surface area contributed by atoms with E-state index in [2.05, 4.69) is 0 Å². The minimum absolute atomic E-state index is 0.0196. The van der Waals surface area contributed by atoms with Crippen LogP contribution >= 0.6 is 0 Å². The SMILES string of the molecule is COC(=O)[C@@H]1C[C@@]2(OC3CCCCO3)[C@@H]3CC(=O)O[C@@H]3[C@H](O)C[C@H]2N1C(=O)OCc1ccccc1.